The molecule has 0 aliphatic carbocycles. The molecule has 0 unspecified atom stereocenters. The highest BCUT2D eigenvalue weighted by molar-refractivity contribution is 7.92. The standard InChI is InChI=1S/C21H26FN3O3S/c1-29(27,28)23-20-6-3-2-5-18(20)15-21(26)25-12-4-11-24(13-14-25)16-17-7-9-19(22)10-8-17/h2-3,5-10,23H,4,11-16H2,1H3. The van der Waals surface area contributed by atoms with Gasteiger partial charge in [-0.25, -0.2) is 12.8 Å². The zero-order valence-electron chi connectivity index (χ0n) is 16.5. The SMILES string of the molecule is CS(=O)(=O)Nc1ccccc1CC(=O)N1CCCN(Cc2ccc(F)cc2)CC1. The molecule has 1 aliphatic heterocycles. The van der Waals surface area contributed by atoms with Crippen LogP contribution in [0.4, 0.5) is 10.1 Å². The summed E-state index contributed by atoms with van der Waals surface area (Å²) in [6.07, 6.45) is 2.10. The first-order chi connectivity index (χ1) is 13.8. The van der Waals surface area contributed by atoms with Gasteiger partial charge in [0.05, 0.1) is 18.4 Å². The van der Waals surface area contributed by atoms with Gasteiger partial charge in [0, 0.05) is 32.7 Å². The van der Waals surface area contributed by atoms with Crippen LogP contribution >= 0.6 is 0 Å². The van der Waals surface area contributed by atoms with E-state index in [1.54, 1.807) is 36.4 Å². The quantitative estimate of drug-likeness (QED) is 0.781. The van der Waals surface area contributed by atoms with Crippen molar-refractivity contribution in [1.82, 2.24) is 9.80 Å². The molecule has 6 nitrogen and oxygen atoms in total. The third-order valence-electron chi connectivity index (χ3n) is 4.92. The van der Waals surface area contributed by atoms with Crippen molar-refractivity contribution in [1.29, 1.82) is 0 Å². The van der Waals surface area contributed by atoms with E-state index in [4.69, 9.17) is 0 Å². The number of amides is 1. The number of nitrogens with one attached hydrogen (secondary N) is 1. The summed E-state index contributed by atoms with van der Waals surface area (Å²) >= 11 is 0. The van der Waals surface area contributed by atoms with E-state index >= 15 is 0 Å². The maximum absolute atomic E-state index is 13.1. The first-order valence-corrected chi connectivity index (χ1v) is 11.5. The van der Waals surface area contributed by atoms with Gasteiger partial charge in [0.15, 0.2) is 0 Å². The Balaban J connectivity index is 1.59. The monoisotopic (exact) mass is 419 g/mol. The third kappa shape index (κ3) is 6.54. The van der Waals surface area contributed by atoms with Crippen molar-refractivity contribution in [3.05, 3.63) is 65.5 Å². The fourth-order valence-corrected chi connectivity index (χ4v) is 4.07. The number of rotatable bonds is 6. The van der Waals surface area contributed by atoms with Crippen molar-refractivity contribution in [2.24, 2.45) is 0 Å². The predicted octanol–water partition coefficient (Wildman–Crippen LogP) is 2.47. The van der Waals surface area contributed by atoms with Gasteiger partial charge >= 0.3 is 0 Å². The summed E-state index contributed by atoms with van der Waals surface area (Å²) in [5.74, 6) is -0.261. The molecule has 2 aromatic carbocycles. The van der Waals surface area contributed by atoms with Crippen LogP contribution < -0.4 is 4.72 Å². The number of halogens is 1. The summed E-state index contributed by atoms with van der Waals surface area (Å²) in [6, 6.07) is 13.5. The van der Waals surface area contributed by atoms with Crippen LogP contribution in [0.5, 0.6) is 0 Å². The minimum Gasteiger partial charge on any atom is -0.341 e. The fourth-order valence-electron chi connectivity index (χ4n) is 3.47. The van der Waals surface area contributed by atoms with Gasteiger partial charge in [-0.15, -0.1) is 0 Å². The first kappa shape index (κ1) is 21.3. The number of hydrogen-bond donors (Lipinski definition) is 1. The maximum Gasteiger partial charge on any atom is 0.229 e. The molecule has 1 amide bonds. The highest BCUT2D eigenvalue weighted by Crippen LogP contribution is 2.18. The summed E-state index contributed by atoms with van der Waals surface area (Å²) in [5, 5.41) is 0. The van der Waals surface area contributed by atoms with E-state index in [9.17, 15) is 17.6 Å². The van der Waals surface area contributed by atoms with E-state index in [0.29, 0.717) is 24.3 Å². The van der Waals surface area contributed by atoms with Gasteiger partial charge in [-0.1, -0.05) is 30.3 Å². The van der Waals surface area contributed by atoms with Gasteiger partial charge in [0.25, 0.3) is 0 Å². The molecular formula is C21H26FN3O3S. The zero-order valence-corrected chi connectivity index (χ0v) is 17.3. The molecule has 1 heterocycles. The average Bonchev–Trinajstić information content (AvgIpc) is 2.90. The number of nitrogens with zero attached hydrogens (tertiary/aromatic N) is 2. The Morgan fingerprint density at radius 1 is 1.03 bits per heavy atom. The Hall–Kier alpha value is -2.45. The molecule has 1 fully saturated rings. The van der Waals surface area contributed by atoms with Crippen LogP contribution in [0, 0.1) is 5.82 Å². The molecule has 1 aliphatic rings. The van der Waals surface area contributed by atoms with Crippen molar-refractivity contribution in [2.45, 2.75) is 19.4 Å². The molecule has 3 rings (SSSR count). The highest BCUT2D eigenvalue weighted by Gasteiger charge is 2.20. The van der Waals surface area contributed by atoms with Gasteiger partial charge in [0.1, 0.15) is 5.82 Å². The summed E-state index contributed by atoms with van der Waals surface area (Å²) < 4.78 is 38.7. The van der Waals surface area contributed by atoms with Crippen molar-refractivity contribution in [3.8, 4) is 0 Å². The van der Waals surface area contributed by atoms with E-state index in [1.165, 1.54) is 12.1 Å². The summed E-state index contributed by atoms with van der Waals surface area (Å²) in [6.45, 7) is 3.62. The maximum atomic E-state index is 13.1. The van der Waals surface area contributed by atoms with E-state index in [-0.39, 0.29) is 18.1 Å². The van der Waals surface area contributed by atoms with Crippen LogP contribution in [0.1, 0.15) is 17.5 Å². The molecule has 1 saturated heterocycles. The van der Waals surface area contributed by atoms with Crippen LogP contribution in [0.3, 0.4) is 0 Å². The largest absolute Gasteiger partial charge is 0.341 e. The normalized spacial score (nSPS) is 15.7. The van der Waals surface area contributed by atoms with Crippen LogP contribution in [0.15, 0.2) is 48.5 Å². The second kappa shape index (κ2) is 9.37. The molecule has 0 saturated carbocycles. The lowest BCUT2D eigenvalue weighted by atomic mass is 10.1. The van der Waals surface area contributed by atoms with Gasteiger partial charge in [0.2, 0.25) is 15.9 Å². The molecule has 0 radical (unpaired) electrons. The van der Waals surface area contributed by atoms with Crippen molar-refractivity contribution < 1.29 is 17.6 Å². The highest BCUT2D eigenvalue weighted by atomic mass is 32.2. The predicted molar refractivity (Wildman–Crippen MR) is 111 cm³/mol. The molecule has 0 bridgehead atoms. The molecule has 0 aromatic heterocycles. The minimum absolute atomic E-state index is 0.0172. The Bertz CT molecular complexity index is 948. The molecule has 0 spiro atoms. The molecule has 2 aromatic rings. The first-order valence-electron chi connectivity index (χ1n) is 9.60. The molecule has 0 atom stereocenters. The van der Waals surface area contributed by atoms with Gasteiger partial charge < -0.3 is 4.90 Å². The van der Waals surface area contributed by atoms with Crippen molar-refractivity contribution >= 4 is 21.6 Å². The molecule has 156 valence electrons. The zero-order chi connectivity index (χ0) is 20.9. The number of hydrogen-bond acceptors (Lipinski definition) is 4. The Morgan fingerprint density at radius 3 is 2.48 bits per heavy atom. The lowest BCUT2D eigenvalue weighted by Crippen LogP contribution is -2.36. The Kier molecular flexibility index (Phi) is 6.87. The molecular weight excluding hydrogens is 393 g/mol. The van der Waals surface area contributed by atoms with Crippen LogP contribution in [0.2, 0.25) is 0 Å². The average molecular weight is 420 g/mol. The summed E-state index contributed by atoms with van der Waals surface area (Å²) in [4.78, 5) is 16.9. The number of anilines is 1. The van der Waals surface area contributed by atoms with Gasteiger partial charge in [-0.3, -0.25) is 14.4 Å². The number of carbonyl (C=O) groups is 1. The van der Waals surface area contributed by atoms with E-state index in [0.717, 1.165) is 37.9 Å². The minimum atomic E-state index is -3.41. The second-order valence-corrected chi connectivity index (χ2v) is 9.09. The topological polar surface area (TPSA) is 69.7 Å². The van der Waals surface area contributed by atoms with E-state index in [2.05, 4.69) is 9.62 Å². The summed E-state index contributed by atoms with van der Waals surface area (Å²) in [7, 11) is -3.41. The molecule has 8 heteroatoms. The van der Waals surface area contributed by atoms with Crippen LogP contribution in [-0.4, -0.2) is 56.6 Å². The lowest BCUT2D eigenvalue weighted by Gasteiger charge is -2.22. The van der Waals surface area contributed by atoms with Crippen LogP contribution in [-0.2, 0) is 27.8 Å². The number of sulfonamides is 1. The number of carbonyl (C=O) groups excluding carboxylic acids is 1. The van der Waals surface area contributed by atoms with Crippen molar-refractivity contribution in [2.75, 3.05) is 37.2 Å². The van der Waals surface area contributed by atoms with E-state index in [1.807, 2.05) is 4.90 Å². The van der Waals surface area contributed by atoms with Gasteiger partial charge in [-0.2, -0.15) is 0 Å². The Labute approximate surface area is 171 Å². The van der Waals surface area contributed by atoms with E-state index < -0.39 is 10.0 Å². The van der Waals surface area contributed by atoms with Crippen molar-refractivity contribution in [3.63, 3.8) is 0 Å². The van der Waals surface area contributed by atoms with Gasteiger partial charge in [-0.05, 0) is 35.7 Å². The second-order valence-electron chi connectivity index (χ2n) is 7.35. The number of benzene rings is 2. The lowest BCUT2D eigenvalue weighted by molar-refractivity contribution is -0.130. The number of para-hydroxylation sites is 1. The summed E-state index contributed by atoms with van der Waals surface area (Å²) in [5.41, 5.74) is 2.15. The fraction of sp³-hybridized carbons (Fsp3) is 0.381. The Morgan fingerprint density at radius 2 is 1.76 bits per heavy atom. The smallest absolute Gasteiger partial charge is 0.229 e. The third-order valence-corrected chi connectivity index (χ3v) is 5.51. The molecule has 29 heavy (non-hydrogen) atoms. The van der Waals surface area contributed by atoms with Crippen LogP contribution in [0.25, 0.3) is 0 Å². The molecule has 1 N–H and O–H groups in total.